The summed E-state index contributed by atoms with van der Waals surface area (Å²) in [6.07, 6.45) is 0.669. The number of esters is 1. The number of methoxy groups -OCH3 is 1. The van der Waals surface area contributed by atoms with Crippen molar-refractivity contribution >= 4 is 27.6 Å². The van der Waals surface area contributed by atoms with Gasteiger partial charge >= 0.3 is 5.97 Å². The zero-order valence-corrected chi connectivity index (χ0v) is 10.2. The Kier molecular flexibility index (Phi) is 2.46. The van der Waals surface area contributed by atoms with Crippen molar-refractivity contribution in [3.8, 4) is 0 Å². The lowest BCUT2D eigenvalue weighted by Crippen LogP contribution is -2.42. The van der Waals surface area contributed by atoms with Crippen LogP contribution in [-0.4, -0.2) is 18.6 Å². The summed E-state index contributed by atoms with van der Waals surface area (Å²) >= 11 is 3.40. The van der Waals surface area contributed by atoms with Crippen molar-refractivity contribution in [2.45, 2.75) is 18.9 Å². The molecule has 0 amide bonds. The molecule has 1 aliphatic heterocycles. The van der Waals surface area contributed by atoms with Crippen LogP contribution in [0, 0.1) is 0 Å². The number of rotatable bonds is 1. The number of halogens is 1. The van der Waals surface area contributed by atoms with Crippen LogP contribution in [0.1, 0.15) is 12.5 Å². The van der Waals surface area contributed by atoms with Gasteiger partial charge in [-0.3, -0.25) is 0 Å². The Balaban J connectivity index is 2.32. The molecule has 15 heavy (non-hydrogen) atoms. The summed E-state index contributed by atoms with van der Waals surface area (Å²) < 4.78 is 5.79. The van der Waals surface area contributed by atoms with E-state index in [1.165, 1.54) is 7.11 Å². The molecular weight excluding hydrogens is 258 g/mol. The van der Waals surface area contributed by atoms with E-state index < -0.39 is 5.54 Å². The molecule has 1 aromatic carbocycles. The number of ether oxygens (including phenoxy) is 1. The number of hydrogen-bond donors (Lipinski definition) is 1. The number of anilines is 1. The van der Waals surface area contributed by atoms with E-state index in [1.54, 1.807) is 0 Å². The standard InChI is InChI=1S/C11H12BrNO2/c1-11(10(14)15-2)6-7-3-4-8(12)5-9(7)13-11/h3-5,13H,6H2,1-2H3. The number of carbonyl (C=O) groups is 1. The normalized spacial score (nSPS) is 23.1. The van der Waals surface area contributed by atoms with Crippen molar-refractivity contribution in [2.75, 3.05) is 12.4 Å². The van der Waals surface area contributed by atoms with Crippen LogP contribution in [0.5, 0.6) is 0 Å². The van der Waals surface area contributed by atoms with Crippen LogP contribution in [0.4, 0.5) is 5.69 Å². The Labute approximate surface area is 96.9 Å². The fraction of sp³-hybridized carbons (Fsp3) is 0.364. The highest BCUT2D eigenvalue weighted by molar-refractivity contribution is 9.10. The molecule has 0 saturated heterocycles. The van der Waals surface area contributed by atoms with Gasteiger partial charge in [0, 0.05) is 16.6 Å². The quantitative estimate of drug-likeness (QED) is 0.796. The smallest absolute Gasteiger partial charge is 0.331 e. The predicted molar refractivity (Wildman–Crippen MR) is 61.9 cm³/mol. The molecular formula is C11H12BrNO2. The minimum atomic E-state index is -0.627. The van der Waals surface area contributed by atoms with Gasteiger partial charge in [0.05, 0.1) is 7.11 Å². The summed E-state index contributed by atoms with van der Waals surface area (Å²) in [5.41, 5.74) is 1.51. The average Bonchev–Trinajstić information content (AvgIpc) is 2.53. The molecule has 80 valence electrons. The molecule has 0 aliphatic carbocycles. The fourth-order valence-corrected chi connectivity index (χ4v) is 2.25. The minimum Gasteiger partial charge on any atom is -0.467 e. The van der Waals surface area contributed by atoms with E-state index in [1.807, 2.05) is 25.1 Å². The topological polar surface area (TPSA) is 38.3 Å². The lowest BCUT2D eigenvalue weighted by Gasteiger charge is -2.21. The zero-order chi connectivity index (χ0) is 11.1. The molecule has 0 saturated carbocycles. The fourth-order valence-electron chi connectivity index (χ4n) is 1.89. The third kappa shape index (κ3) is 1.74. The third-order valence-electron chi connectivity index (χ3n) is 2.66. The highest BCUT2D eigenvalue weighted by Gasteiger charge is 2.40. The second kappa shape index (κ2) is 3.52. The summed E-state index contributed by atoms with van der Waals surface area (Å²) in [6, 6.07) is 5.97. The first-order valence-corrected chi connectivity index (χ1v) is 5.49. The molecule has 0 aromatic heterocycles. The van der Waals surface area contributed by atoms with Crippen molar-refractivity contribution in [3.05, 3.63) is 28.2 Å². The van der Waals surface area contributed by atoms with Crippen molar-refractivity contribution in [2.24, 2.45) is 0 Å². The largest absolute Gasteiger partial charge is 0.467 e. The summed E-state index contributed by atoms with van der Waals surface area (Å²) in [4.78, 5) is 11.6. The average molecular weight is 270 g/mol. The summed E-state index contributed by atoms with van der Waals surface area (Å²) in [5.74, 6) is -0.227. The first kappa shape index (κ1) is 10.5. The Bertz CT molecular complexity index is 419. The Hall–Kier alpha value is -1.03. The maximum Gasteiger partial charge on any atom is 0.331 e. The van der Waals surface area contributed by atoms with Crippen LogP contribution in [-0.2, 0) is 16.0 Å². The van der Waals surface area contributed by atoms with Crippen LogP contribution in [0.25, 0.3) is 0 Å². The predicted octanol–water partition coefficient (Wildman–Crippen LogP) is 2.35. The second-order valence-corrected chi connectivity index (χ2v) is 4.84. The van der Waals surface area contributed by atoms with Crippen molar-refractivity contribution < 1.29 is 9.53 Å². The van der Waals surface area contributed by atoms with E-state index in [0.29, 0.717) is 6.42 Å². The van der Waals surface area contributed by atoms with Gasteiger partial charge in [0.1, 0.15) is 5.54 Å². The number of fused-ring (bicyclic) bond motifs is 1. The van der Waals surface area contributed by atoms with Crippen molar-refractivity contribution in [1.29, 1.82) is 0 Å². The van der Waals surface area contributed by atoms with E-state index in [9.17, 15) is 4.79 Å². The van der Waals surface area contributed by atoms with Gasteiger partial charge in [0.25, 0.3) is 0 Å². The molecule has 0 bridgehead atoms. The van der Waals surface area contributed by atoms with Gasteiger partial charge < -0.3 is 10.1 Å². The van der Waals surface area contributed by atoms with Gasteiger partial charge in [-0.2, -0.15) is 0 Å². The molecule has 1 heterocycles. The maximum atomic E-state index is 11.6. The minimum absolute atomic E-state index is 0.227. The molecule has 0 spiro atoms. The van der Waals surface area contributed by atoms with Gasteiger partial charge in [-0.15, -0.1) is 0 Å². The van der Waals surface area contributed by atoms with Gasteiger partial charge in [-0.1, -0.05) is 22.0 Å². The molecule has 1 N–H and O–H groups in total. The third-order valence-corrected chi connectivity index (χ3v) is 3.16. The SMILES string of the molecule is COC(=O)C1(C)Cc2ccc(Br)cc2N1. The lowest BCUT2D eigenvalue weighted by atomic mass is 9.98. The summed E-state index contributed by atoms with van der Waals surface area (Å²) in [7, 11) is 1.41. The maximum absolute atomic E-state index is 11.6. The molecule has 3 nitrogen and oxygen atoms in total. The highest BCUT2D eigenvalue weighted by Crippen LogP contribution is 2.34. The molecule has 1 unspecified atom stereocenters. The van der Waals surface area contributed by atoms with E-state index in [4.69, 9.17) is 4.74 Å². The van der Waals surface area contributed by atoms with Crippen LogP contribution in [0.15, 0.2) is 22.7 Å². The van der Waals surface area contributed by atoms with Gasteiger partial charge in [0.2, 0.25) is 0 Å². The van der Waals surface area contributed by atoms with Crippen LogP contribution < -0.4 is 5.32 Å². The van der Waals surface area contributed by atoms with E-state index in [-0.39, 0.29) is 5.97 Å². The van der Waals surface area contributed by atoms with E-state index >= 15 is 0 Å². The monoisotopic (exact) mass is 269 g/mol. The summed E-state index contributed by atoms with van der Waals surface area (Å²) in [5, 5.41) is 3.20. The van der Waals surface area contributed by atoms with Crippen LogP contribution in [0.2, 0.25) is 0 Å². The molecule has 4 heteroatoms. The molecule has 1 aromatic rings. The first-order chi connectivity index (χ1) is 7.05. The molecule has 1 aliphatic rings. The second-order valence-electron chi connectivity index (χ2n) is 3.93. The number of nitrogens with one attached hydrogen (secondary N) is 1. The molecule has 2 rings (SSSR count). The molecule has 0 fully saturated rings. The zero-order valence-electron chi connectivity index (χ0n) is 8.63. The van der Waals surface area contributed by atoms with Crippen LogP contribution >= 0.6 is 15.9 Å². The lowest BCUT2D eigenvalue weighted by molar-refractivity contribution is -0.145. The Morgan fingerprint density at radius 2 is 2.33 bits per heavy atom. The van der Waals surface area contributed by atoms with Crippen LogP contribution in [0.3, 0.4) is 0 Å². The van der Waals surface area contributed by atoms with E-state index in [2.05, 4.69) is 21.2 Å². The van der Waals surface area contributed by atoms with Gasteiger partial charge in [0.15, 0.2) is 0 Å². The number of hydrogen-bond acceptors (Lipinski definition) is 3. The first-order valence-electron chi connectivity index (χ1n) is 4.70. The summed E-state index contributed by atoms with van der Waals surface area (Å²) in [6.45, 7) is 1.85. The van der Waals surface area contributed by atoms with Crippen molar-refractivity contribution in [1.82, 2.24) is 0 Å². The highest BCUT2D eigenvalue weighted by atomic mass is 79.9. The van der Waals surface area contributed by atoms with E-state index in [0.717, 1.165) is 15.7 Å². The van der Waals surface area contributed by atoms with Gasteiger partial charge in [-0.25, -0.2) is 4.79 Å². The molecule has 0 radical (unpaired) electrons. The Morgan fingerprint density at radius 1 is 1.60 bits per heavy atom. The van der Waals surface area contributed by atoms with Crippen molar-refractivity contribution in [3.63, 3.8) is 0 Å². The number of benzene rings is 1. The Morgan fingerprint density at radius 3 is 3.00 bits per heavy atom. The number of carbonyl (C=O) groups excluding carboxylic acids is 1. The van der Waals surface area contributed by atoms with Gasteiger partial charge in [-0.05, 0) is 24.6 Å². The molecule has 1 atom stereocenters.